The largest absolute Gasteiger partial charge is 0.485 e. The Bertz CT molecular complexity index is 619. The van der Waals surface area contributed by atoms with Crippen LogP contribution in [0.5, 0.6) is 5.75 Å². The van der Waals surface area contributed by atoms with Crippen LogP contribution in [0.3, 0.4) is 0 Å². The summed E-state index contributed by atoms with van der Waals surface area (Å²) in [6, 6.07) is 4.69. The van der Waals surface area contributed by atoms with Crippen LogP contribution in [0.2, 0.25) is 0 Å². The fraction of sp³-hybridized carbons (Fsp3) is 0.357. The number of nitrogens with zero attached hydrogens (tertiary/aromatic N) is 2. The lowest BCUT2D eigenvalue weighted by molar-refractivity contribution is 0.0696. The van der Waals surface area contributed by atoms with E-state index >= 15 is 0 Å². The zero-order valence-corrected chi connectivity index (χ0v) is 11.6. The molecule has 1 heterocycles. The maximum Gasteiger partial charge on any atom is 0.335 e. The highest BCUT2D eigenvalue weighted by molar-refractivity contribution is 5.88. The molecule has 1 aromatic carbocycles. The first-order chi connectivity index (χ1) is 9.47. The Morgan fingerprint density at radius 1 is 1.45 bits per heavy atom. The fourth-order valence-electron chi connectivity index (χ4n) is 1.65. The Balaban J connectivity index is 2.05. The minimum atomic E-state index is -0.959. The molecule has 106 valence electrons. The Morgan fingerprint density at radius 2 is 2.20 bits per heavy atom. The van der Waals surface area contributed by atoms with E-state index in [-0.39, 0.29) is 18.1 Å². The molecule has 6 heteroatoms. The van der Waals surface area contributed by atoms with Crippen molar-refractivity contribution >= 4 is 5.97 Å². The van der Waals surface area contributed by atoms with E-state index in [1.54, 1.807) is 19.1 Å². The molecule has 0 bridgehead atoms. The van der Waals surface area contributed by atoms with Gasteiger partial charge in [-0.2, -0.15) is 4.98 Å². The number of carbonyl (C=O) groups is 1. The van der Waals surface area contributed by atoms with E-state index in [2.05, 4.69) is 10.1 Å². The van der Waals surface area contributed by atoms with Crippen LogP contribution >= 0.6 is 0 Å². The van der Waals surface area contributed by atoms with Gasteiger partial charge < -0.3 is 14.4 Å². The number of hydrogen-bond donors (Lipinski definition) is 1. The van der Waals surface area contributed by atoms with Crippen molar-refractivity contribution in [1.82, 2.24) is 10.1 Å². The molecule has 0 aliphatic rings. The molecule has 0 aliphatic carbocycles. The van der Waals surface area contributed by atoms with Gasteiger partial charge in [0, 0.05) is 5.92 Å². The minimum absolute atomic E-state index is 0.174. The molecule has 6 nitrogen and oxygen atoms in total. The van der Waals surface area contributed by atoms with Crippen molar-refractivity contribution < 1.29 is 19.2 Å². The second-order valence-electron chi connectivity index (χ2n) is 4.78. The highest BCUT2D eigenvalue weighted by atomic mass is 16.5. The van der Waals surface area contributed by atoms with E-state index in [1.807, 2.05) is 13.8 Å². The number of benzene rings is 1. The maximum absolute atomic E-state index is 10.8. The minimum Gasteiger partial charge on any atom is -0.485 e. The first-order valence-corrected chi connectivity index (χ1v) is 6.26. The first-order valence-electron chi connectivity index (χ1n) is 6.26. The van der Waals surface area contributed by atoms with Crippen LogP contribution in [0.4, 0.5) is 0 Å². The second kappa shape index (κ2) is 5.73. The smallest absolute Gasteiger partial charge is 0.335 e. The van der Waals surface area contributed by atoms with Crippen molar-refractivity contribution in [2.75, 3.05) is 0 Å². The van der Waals surface area contributed by atoms with E-state index in [0.717, 1.165) is 5.56 Å². The molecule has 0 unspecified atom stereocenters. The summed E-state index contributed by atoms with van der Waals surface area (Å²) in [5.41, 5.74) is 0.981. The number of aromatic carboxylic acids is 1. The van der Waals surface area contributed by atoms with Gasteiger partial charge in [0.05, 0.1) is 5.56 Å². The van der Waals surface area contributed by atoms with Gasteiger partial charge in [-0.15, -0.1) is 0 Å². The number of carboxylic acids is 1. The van der Waals surface area contributed by atoms with Gasteiger partial charge in [0.15, 0.2) is 6.61 Å². The number of aromatic nitrogens is 2. The molecule has 2 rings (SSSR count). The normalized spacial score (nSPS) is 10.8. The highest BCUT2D eigenvalue weighted by Gasteiger charge is 2.11. The molecule has 0 fully saturated rings. The molecule has 0 radical (unpaired) electrons. The van der Waals surface area contributed by atoms with Crippen molar-refractivity contribution in [2.45, 2.75) is 33.3 Å². The Kier molecular flexibility index (Phi) is 4.02. The average Bonchev–Trinajstić information content (AvgIpc) is 2.86. The lowest BCUT2D eigenvalue weighted by Crippen LogP contribution is -2.01. The van der Waals surface area contributed by atoms with Crippen LogP contribution in [0.25, 0.3) is 0 Å². The summed E-state index contributed by atoms with van der Waals surface area (Å²) in [7, 11) is 0. The molecule has 2 aromatic rings. The van der Waals surface area contributed by atoms with E-state index in [1.165, 1.54) is 6.07 Å². The van der Waals surface area contributed by atoms with E-state index in [9.17, 15) is 4.79 Å². The third kappa shape index (κ3) is 3.14. The van der Waals surface area contributed by atoms with Crippen LogP contribution in [-0.2, 0) is 6.61 Å². The van der Waals surface area contributed by atoms with Crippen LogP contribution in [0.15, 0.2) is 22.7 Å². The lowest BCUT2D eigenvalue weighted by atomic mass is 10.1. The van der Waals surface area contributed by atoms with Gasteiger partial charge in [0.2, 0.25) is 11.7 Å². The van der Waals surface area contributed by atoms with Crippen LogP contribution in [0.1, 0.15) is 47.4 Å². The summed E-state index contributed by atoms with van der Waals surface area (Å²) >= 11 is 0. The molecule has 0 atom stereocenters. The summed E-state index contributed by atoms with van der Waals surface area (Å²) in [6.07, 6.45) is 0. The Labute approximate surface area is 116 Å². The van der Waals surface area contributed by atoms with E-state index < -0.39 is 5.97 Å². The first kappa shape index (κ1) is 14.0. The van der Waals surface area contributed by atoms with Gasteiger partial charge in [-0.05, 0) is 30.7 Å². The third-order valence-electron chi connectivity index (χ3n) is 2.76. The number of aryl methyl sites for hydroxylation is 1. The predicted molar refractivity (Wildman–Crippen MR) is 70.9 cm³/mol. The number of rotatable bonds is 5. The molecule has 1 aromatic heterocycles. The molecule has 0 saturated heterocycles. The number of carboxylic acid groups (broad SMARTS) is 1. The summed E-state index contributed by atoms with van der Waals surface area (Å²) in [6.45, 7) is 5.90. The zero-order valence-electron chi connectivity index (χ0n) is 11.6. The molecular formula is C14H16N2O4. The van der Waals surface area contributed by atoms with Crippen molar-refractivity contribution in [2.24, 2.45) is 0 Å². The molecule has 1 N–H and O–H groups in total. The SMILES string of the molecule is Cc1cc(C(=O)O)ccc1OCc1noc(C(C)C)n1. The highest BCUT2D eigenvalue weighted by Crippen LogP contribution is 2.20. The van der Waals surface area contributed by atoms with Crippen LogP contribution < -0.4 is 4.74 Å². The van der Waals surface area contributed by atoms with Crippen molar-refractivity contribution in [3.05, 3.63) is 41.0 Å². The Morgan fingerprint density at radius 3 is 2.75 bits per heavy atom. The second-order valence-corrected chi connectivity index (χ2v) is 4.78. The van der Waals surface area contributed by atoms with Gasteiger partial charge in [0.1, 0.15) is 5.75 Å². The van der Waals surface area contributed by atoms with Gasteiger partial charge in [-0.25, -0.2) is 4.79 Å². The molecule has 0 aliphatic heterocycles. The van der Waals surface area contributed by atoms with Crippen molar-refractivity contribution in [3.8, 4) is 5.75 Å². The quantitative estimate of drug-likeness (QED) is 0.903. The summed E-state index contributed by atoms with van der Waals surface area (Å²) in [5.74, 6) is 0.857. The van der Waals surface area contributed by atoms with Crippen LogP contribution in [-0.4, -0.2) is 21.2 Å². The summed E-state index contributed by atoms with van der Waals surface area (Å²) < 4.78 is 10.6. The van der Waals surface area contributed by atoms with Crippen molar-refractivity contribution in [3.63, 3.8) is 0 Å². The monoisotopic (exact) mass is 276 g/mol. The number of ether oxygens (including phenoxy) is 1. The molecule has 0 amide bonds. The van der Waals surface area contributed by atoms with Crippen molar-refractivity contribution in [1.29, 1.82) is 0 Å². The van der Waals surface area contributed by atoms with E-state index in [0.29, 0.717) is 17.5 Å². The van der Waals surface area contributed by atoms with E-state index in [4.69, 9.17) is 14.4 Å². The number of hydrogen-bond acceptors (Lipinski definition) is 5. The Hall–Kier alpha value is -2.37. The fourth-order valence-corrected chi connectivity index (χ4v) is 1.65. The molecule has 20 heavy (non-hydrogen) atoms. The predicted octanol–water partition coefficient (Wildman–Crippen LogP) is 2.78. The summed E-state index contributed by atoms with van der Waals surface area (Å²) in [4.78, 5) is 15.0. The molecular weight excluding hydrogens is 260 g/mol. The van der Waals surface area contributed by atoms with Gasteiger partial charge >= 0.3 is 5.97 Å². The standard InChI is InChI=1S/C14H16N2O4/c1-8(2)13-15-12(16-20-13)7-19-11-5-4-10(14(17)18)6-9(11)3/h4-6,8H,7H2,1-3H3,(H,17,18). The van der Waals surface area contributed by atoms with Gasteiger partial charge in [0.25, 0.3) is 0 Å². The van der Waals surface area contributed by atoms with Gasteiger partial charge in [-0.3, -0.25) is 0 Å². The topological polar surface area (TPSA) is 85.5 Å². The lowest BCUT2D eigenvalue weighted by Gasteiger charge is -2.07. The third-order valence-corrected chi connectivity index (χ3v) is 2.76. The van der Waals surface area contributed by atoms with Crippen LogP contribution in [0, 0.1) is 6.92 Å². The van der Waals surface area contributed by atoms with Gasteiger partial charge in [-0.1, -0.05) is 19.0 Å². The zero-order chi connectivity index (χ0) is 14.7. The molecule has 0 saturated carbocycles. The average molecular weight is 276 g/mol. The molecule has 0 spiro atoms. The summed E-state index contributed by atoms with van der Waals surface area (Å²) in [5, 5.41) is 12.7. The maximum atomic E-state index is 10.8.